The van der Waals surface area contributed by atoms with Crippen LogP contribution in [0.4, 0.5) is 5.82 Å². The van der Waals surface area contributed by atoms with Gasteiger partial charge < -0.3 is 14.5 Å². The fraction of sp³-hybridized carbons (Fsp3) is 0.385. The van der Waals surface area contributed by atoms with E-state index in [2.05, 4.69) is 22.8 Å². The van der Waals surface area contributed by atoms with Gasteiger partial charge in [-0.05, 0) is 42.8 Å². The average molecular weight is 524 g/mol. The van der Waals surface area contributed by atoms with Crippen LogP contribution in [0.15, 0.2) is 34.0 Å². The lowest BCUT2D eigenvalue weighted by atomic mass is 10.0. The van der Waals surface area contributed by atoms with Gasteiger partial charge in [0.2, 0.25) is 0 Å². The predicted octanol–water partition coefficient (Wildman–Crippen LogP) is 3.12. The lowest BCUT2D eigenvalue weighted by Gasteiger charge is -2.37. The molecule has 4 rings (SSSR count). The van der Waals surface area contributed by atoms with Crippen molar-refractivity contribution in [2.75, 3.05) is 44.7 Å². The fourth-order valence-corrected chi connectivity index (χ4v) is 5.79. The molecule has 8 nitrogen and oxygen atoms in total. The Morgan fingerprint density at radius 2 is 1.83 bits per heavy atom. The molecule has 0 spiro atoms. The first-order valence-electron chi connectivity index (χ1n) is 11.8. The summed E-state index contributed by atoms with van der Waals surface area (Å²) >= 11 is 6.79. The van der Waals surface area contributed by atoms with Crippen molar-refractivity contribution in [2.24, 2.45) is 7.05 Å². The van der Waals surface area contributed by atoms with Crippen molar-refractivity contribution in [2.45, 2.75) is 20.4 Å². The summed E-state index contributed by atoms with van der Waals surface area (Å²) in [5, 5.41) is 9.70. The number of ether oxygens (including phenoxy) is 1. The first-order chi connectivity index (χ1) is 17.3. The number of hydrogen-bond acceptors (Lipinski definition) is 8. The summed E-state index contributed by atoms with van der Waals surface area (Å²) in [4.78, 5) is 33.0. The number of thioether (sulfide) groups is 1. The summed E-state index contributed by atoms with van der Waals surface area (Å²) < 4.78 is 7.23. The Bertz CT molecular complexity index is 1320. The molecular formula is C26H29N5O3S2. The number of thiocarbonyl (C=S) groups is 1. The van der Waals surface area contributed by atoms with E-state index in [1.807, 2.05) is 24.3 Å². The Hall–Kier alpha value is -3.13. The van der Waals surface area contributed by atoms with Crippen molar-refractivity contribution < 1.29 is 9.53 Å². The summed E-state index contributed by atoms with van der Waals surface area (Å²) in [6.45, 7) is 8.51. The topological polar surface area (TPSA) is 81.8 Å². The van der Waals surface area contributed by atoms with Gasteiger partial charge in [0.25, 0.3) is 11.5 Å². The van der Waals surface area contributed by atoms with Gasteiger partial charge in [-0.2, -0.15) is 5.26 Å². The van der Waals surface area contributed by atoms with E-state index in [4.69, 9.17) is 17.0 Å². The molecule has 2 fully saturated rings. The van der Waals surface area contributed by atoms with Gasteiger partial charge >= 0.3 is 0 Å². The van der Waals surface area contributed by atoms with E-state index in [-0.39, 0.29) is 17.0 Å². The minimum Gasteiger partial charge on any atom is -0.497 e. The number of carbonyl (C=O) groups excluding carboxylic acids is 1. The maximum absolute atomic E-state index is 13.4. The molecule has 1 amide bonds. The number of methoxy groups -OCH3 is 1. The highest BCUT2D eigenvalue weighted by atomic mass is 32.2. The van der Waals surface area contributed by atoms with Crippen LogP contribution in [0.25, 0.3) is 6.08 Å². The van der Waals surface area contributed by atoms with E-state index >= 15 is 0 Å². The summed E-state index contributed by atoms with van der Waals surface area (Å²) in [5.41, 5.74) is 1.99. The van der Waals surface area contributed by atoms with E-state index in [1.54, 1.807) is 32.1 Å². The molecule has 2 aromatic rings. The molecule has 0 N–H and O–H groups in total. The van der Waals surface area contributed by atoms with Crippen molar-refractivity contribution >= 4 is 46.1 Å². The monoisotopic (exact) mass is 523 g/mol. The van der Waals surface area contributed by atoms with E-state index in [0.29, 0.717) is 26.9 Å². The van der Waals surface area contributed by atoms with Gasteiger partial charge in [-0.15, -0.1) is 0 Å². The lowest BCUT2D eigenvalue weighted by molar-refractivity contribution is -0.122. The molecule has 36 heavy (non-hydrogen) atoms. The third-order valence-corrected chi connectivity index (χ3v) is 8.11. The second-order valence-electron chi connectivity index (χ2n) is 8.75. The molecule has 1 aromatic heterocycles. The summed E-state index contributed by atoms with van der Waals surface area (Å²) in [6.07, 6.45) is 1.80. The Morgan fingerprint density at radius 3 is 2.42 bits per heavy atom. The van der Waals surface area contributed by atoms with Crippen molar-refractivity contribution in [3.05, 3.63) is 61.8 Å². The maximum Gasteiger partial charge on any atom is 0.270 e. The molecule has 2 saturated heterocycles. The van der Waals surface area contributed by atoms with E-state index in [9.17, 15) is 14.9 Å². The van der Waals surface area contributed by atoms with E-state index in [0.717, 1.165) is 49.9 Å². The maximum atomic E-state index is 13.4. The van der Waals surface area contributed by atoms with Crippen LogP contribution in [0.3, 0.4) is 0 Å². The van der Waals surface area contributed by atoms with Crippen molar-refractivity contribution in [1.82, 2.24) is 14.4 Å². The van der Waals surface area contributed by atoms with Crippen LogP contribution in [0, 0.1) is 18.3 Å². The van der Waals surface area contributed by atoms with Gasteiger partial charge in [0.05, 0.1) is 18.6 Å². The number of amides is 1. The number of nitrogens with zero attached hydrogens (tertiary/aromatic N) is 5. The number of rotatable bonds is 6. The quantitative estimate of drug-likeness (QED) is 0.422. The molecule has 0 radical (unpaired) electrons. The molecule has 1 aromatic carbocycles. The molecule has 2 aliphatic rings. The number of benzene rings is 1. The van der Waals surface area contributed by atoms with Crippen LogP contribution in [-0.2, 0) is 18.4 Å². The molecule has 3 heterocycles. The molecular weight excluding hydrogens is 494 g/mol. The smallest absolute Gasteiger partial charge is 0.270 e. The molecule has 0 atom stereocenters. The Morgan fingerprint density at radius 1 is 1.17 bits per heavy atom. The first-order valence-corrected chi connectivity index (χ1v) is 13.0. The lowest BCUT2D eigenvalue weighted by Crippen LogP contribution is -2.48. The number of anilines is 1. The molecule has 2 aliphatic heterocycles. The number of aromatic nitrogens is 1. The zero-order valence-corrected chi connectivity index (χ0v) is 22.5. The van der Waals surface area contributed by atoms with Crippen molar-refractivity contribution in [1.29, 1.82) is 5.26 Å². The Labute approximate surface area is 220 Å². The molecule has 0 aliphatic carbocycles. The third kappa shape index (κ3) is 4.91. The summed E-state index contributed by atoms with van der Waals surface area (Å²) in [7, 11) is 3.30. The standard InChI is InChI=1S/C26H29N5O3S2/c1-5-29-10-12-30(13-11-29)23-20(17(2)21(15-27)24(32)28(23)3)14-22-25(33)31(26(35)36-22)16-18-6-8-19(34-4)9-7-18/h6-9,14H,5,10-13,16H2,1-4H3/b22-14-. The SMILES string of the molecule is CCN1CCN(c2c(/C=C3\SC(=S)N(Cc4ccc(OC)cc4)C3=O)c(C)c(C#N)c(=O)n2C)CC1. The number of hydrogen-bond donors (Lipinski definition) is 0. The highest BCUT2D eigenvalue weighted by Gasteiger charge is 2.33. The Kier molecular flexibility index (Phi) is 7.83. The highest BCUT2D eigenvalue weighted by Crippen LogP contribution is 2.36. The summed E-state index contributed by atoms with van der Waals surface area (Å²) in [6, 6.07) is 9.58. The largest absolute Gasteiger partial charge is 0.497 e. The summed E-state index contributed by atoms with van der Waals surface area (Å²) in [5.74, 6) is 1.29. The van der Waals surface area contributed by atoms with Crippen LogP contribution in [0.2, 0.25) is 0 Å². The normalized spacial score (nSPS) is 17.7. The molecule has 0 saturated carbocycles. The number of likely N-dealkylation sites (N-methyl/N-ethyl adjacent to an activating group) is 1. The zero-order valence-electron chi connectivity index (χ0n) is 20.9. The Balaban J connectivity index is 1.72. The second kappa shape index (κ2) is 10.9. The van der Waals surface area contributed by atoms with E-state index < -0.39 is 0 Å². The van der Waals surface area contributed by atoms with Crippen molar-refractivity contribution in [3.8, 4) is 11.8 Å². The van der Waals surface area contributed by atoms with Crippen LogP contribution in [0.1, 0.15) is 29.2 Å². The van der Waals surface area contributed by atoms with Gasteiger partial charge in [0.15, 0.2) is 0 Å². The molecule has 0 bridgehead atoms. The highest BCUT2D eigenvalue weighted by molar-refractivity contribution is 8.26. The fourth-order valence-electron chi connectivity index (χ4n) is 4.55. The van der Waals surface area contributed by atoms with Gasteiger partial charge in [0, 0.05) is 38.8 Å². The van der Waals surface area contributed by atoms with Crippen LogP contribution in [0.5, 0.6) is 5.75 Å². The van der Waals surface area contributed by atoms with Crippen molar-refractivity contribution in [3.63, 3.8) is 0 Å². The zero-order chi connectivity index (χ0) is 26.0. The van der Waals surface area contributed by atoms with Crippen LogP contribution >= 0.6 is 24.0 Å². The molecule has 10 heteroatoms. The number of piperazine rings is 1. The van der Waals surface area contributed by atoms with Crippen LogP contribution < -0.4 is 15.2 Å². The van der Waals surface area contributed by atoms with Gasteiger partial charge in [-0.1, -0.05) is 43.0 Å². The average Bonchev–Trinajstić information content (AvgIpc) is 3.15. The molecule has 0 unspecified atom stereocenters. The number of pyridine rings is 1. The van der Waals surface area contributed by atoms with Gasteiger partial charge in [0.1, 0.15) is 27.5 Å². The van der Waals surface area contributed by atoms with Gasteiger partial charge in [-0.25, -0.2) is 0 Å². The second-order valence-corrected chi connectivity index (χ2v) is 10.4. The van der Waals surface area contributed by atoms with Crippen LogP contribution in [-0.4, -0.2) is 64.4 Å². The third-order valence-electron chi connectivity index (χ3n) is 6.74. The number of carbonyl (C=O) groups is 1. The minimum absolute atomic E-state index is 0.0911. The van der Waals surface area contributed by atoms with E-state index in [1.165, 1.54) is 16.3 Å². The van der Waals surface area contributed by atoms with Gasteiger partial charge in [-0.3, -0.25) is 19.1 Å². The number of nitriles is 1. The first kappa shape index (κ1) is 25.9. The minimum atomic E-state index is -0.327. The molecule has 188 valence electrons. The predicted molar refractivity (Wildman–Crippen MR) is 147 cm³/mol.